The second-order valence-electron chi connectivity index (χ2n) is 7.18. The van der Waals surface area contributed by atoms with Crippen LogP contribution < -0.4 is 5.32 Å². The second kappa shape index (κ2) is 9.66. The van der Waals surface area contributed by atoms with Crippen LogP contribution in [0.3, 0.4) is 0 Å². The van der Waals surface area contributed by atoms with Crippen molar-refractivity contribution in [2.75, 3.05) is 13.2 Å². The highest BCUT2D eigenvalue weighted by atomic mass is 79.9. The van der Waals surface area contributed by atoms with Crippen molar-refractivity contribution in [1.82, 2.24) is 5.32 Å². The lowest BCUT2D eigenvalue weighted by Crippen LogP contribution is -2.43. The molecular weight excluding hydrogens is 478 g/mol. The first kappa shape index (κ1) is 21.6. The first-order chi connectivity index (χ1) is 15.1. The SMILES string of the molecule is CCOC(=O)[C@H](Cc1ccc(Br)s1)NC(=O)OCC1c2ccccc2-c2ccccc21. The Hall–Kier alpha value is -2.64. The lowest BCUT2D eigenvalue weighted by atomic mass is 9.98. The second-order valence-corrected chi connectivity index (χ2v) is 9.73. The van der Waals surface area contributed by atoms with Gasteiger partial charge in [0.2, 0.25) is 0 Å². The Labute approximate surface area is 193 Å². The third-order valence-electron chi connectivity index (χ3n) is 5.24. The molecule has 31 heavy (non-hydrogen) atoms. The average molecular weight is 500 g/mol. The molecule has 1 aliphatic carbocycles. The van der Waals surface area contributed by atoms with Gasteiger partial charge >= 0.3 is 12.1 Å². The van der Waals surface area contributed by atoms with Crippen molar-refractivity contribution in [3.63, 3.8) is 0 Å². The summed E-state index contributed by atoms with van der Waals surface area (Å²) < 4.78 is 11.7. The van der Waals surface area contributed by atoms with Gasteiger partial charge < -0.3 is 14.8 Å². The third kappa shape index (κ3) is 4.83. The van der Waals surface area contributed by atoms with E-state index in [0.29, 0.717) is 6.42 Å². The first-order valence-electron chi connectivity index (χ1n) is 10.1. The number of nitrogens with one attached hydrogen (secondary N) is 1. The standard InChI is InChI=1S/C24H22BrNO4S/c1-2-29-23(27)21(13-15-11-12-22(25)31-15)26-24(28)30-14-20-18-9-5-3-7-16(18)17-8-4-6-10-19(17)20/h3-12,20-21H,2,13-14H2,1H3,(H,26,28)/t21-/m0/s1. The van der Waals surface area contributed by atoms with Gasteiger partial charge in [-0.2, -0.15) is 0 Å². The van der Waals surface area contributed by atoms with E-state index in [0.717, 1.165) is 19.8 Å². The maximum atomic E-state index is 12.6. The van der Waals surface area contributed by atoms with Gasteiger partial charge in [-0.05, 0) is 57.2 Å². The fraction of sp³-hybridized carbons (Fsp3) is 0.250. The molecule has 3 aromatic rings. The van der Waals surface area contributed by atoms with Crippen molar-refractivity contribution in [3.8, 4) is 11.1 Å². The van der Waals surface area contributed by atoms with Crippen LogP contribution in [0.2, 0.25) is 0 Å². The van der Waals surface area contributed by atoms with Gasteiger partial charge in [-0.1, -0.05) is 48.5 Å². The number of hydrogen-bond donors (Lipinski definition) is 1. The summed E-state index contributed by atoms with van der Waals surface area (Å²) in [6, 6.07) is 19.3. The van der Waals surface area contributed by atoms with Crippen molar-refractivity contribution >= 4 is 39.3 Å². The predicted molar refractivity (Wildman–Crippen MR) is 124 cm³/mol. The highest BCUT2D eigenvalue weighted by Gasteiger charge is 2.30. The fourth-order valence-corrected chi connectivity index (χ4v) is 5.41. The highest BCUT2D eigenvalue weighted by molar-refractivity contribution is 9.11. The summed E-state index contributed by atoms with van der Waals surface area (Å²) in [4.78, 5) is 25.9. The topological polar surface area (TPSA) is 64.6 Å². The molecule has 0 unspecified atom stereocenters. The molecule has 0 aliphatic heterocycles. The third-order valence-corrected chi connectivity index (χ3v) is 6.89. The van der Waals surface area contributed by atoms with E-state index in [2.05, 4.69) is 45.5 Å². The highest BCUT2D eigenvalue weighted by Crippen LogP contribution is 2.44. The Balaban J connectivity index is 1.44. The Morgan fingerprint density at radius 3 is 2.23 bits per heavy atom. The smallest absolute Gasteiger partial charge is 0.407 e. The maximum Gasteiger partial charge on any atom is 0.407 e. The number of rotatable bonds is 7. The van der Waals surface area contributed by atoms with Crippen molar-refractivity contribution < 1.29 is 19.1 Å². The van der Waals surface area contributed by atoms with Gasteiger partial charge in [-0.25, -0.2) is 9.59 Å². The molecule has 1 N–H and O–H groups in total. The molecule has 0 bridgehead atoms. The number of halogens is 1. The van der Waals surface area contributed by atoms with E-state index >= 15 is 0 Å². The molecule has 160 valence electrons. The molecule has 2 aromatic carbocycles. The van der Waals surface area contributed by atoms with Crippen LogP contribution in [0.1, 0.15) is 28.8 Å². The van der Waals surface area contributed by atoms with E-state index in [1.165, 1.54) is 22.5 Å². The van der Waals surface area contributed by atoms with Crippen LogP contribution in [0.4, 0.5) is 4.79 Å². The minimum atomic E-state index is -0.804. The van der Waals surface area contributed by atoms with E-state index < -0.39 is 18.1 Å². The number of benzene rings is 2. The molecule has 0 fully saturated rings. The average Bonchev–Trinajstić information content (AvgIpc) is 3.33. The lowest BCUT2D eigenvalue weighted by molar-refractivity contribution is -0.145. The number of alkyl carbamates (subject to hydrolysis) is 1. The Kier molecular flexibility index (Phi) is 6.73. The number of thiophene rings is 1. The summed E-state index contributed by atoms with van der Waals surface area (Å²) in [6.07, 6.45) is -0.283. The van der Waals surface area contributed by atoms with Crippen molar-refractivity contribution in [1.29, 1.82) is 0 Å². The van der Waals surface area contributed by atoms with E-state index in [4.69, 9.17) is 9.47 Å². The number of carbonyl (C=O) groups is 2. The largest absolute Gasteiger partial charge is 0.464 e. The molecule has 0 spiro atoms. The molecule has 1 atom stereocenters. The summed E-state index contributed by atoms with van der Waals surface area (Å²) >= 11 is 4.93. The van der Waals surface area contributed by atoms with Crippen molar-refractivity contribution in [2.45, 2.75) is 25.3 Å². The van der Waals surface area contributed by atoms with Crippen LogP contribution in [0.15, 0.2) is 64.5 Å². The number of hydrogen-bond acceptors (Lipinski definition) is 5. The summed E-state index contributed by atoms with van der Waals surface area (Å²) in [5, 5.41) is 2.69. The van der Waals surface area contributed by atoms with Gasteiger partial charge in [0, 0.05) is 17.2 Å². The molecule has 0 radical (unpaired) electrons. The number of ether oxygens (including phenoxy) is 2. The van der Waals surface area contributed by atoms with Gasteiger partial charge in [0.1, 0.15) is 12.6 Å². The summed E-state index contributed by atoms with van der Waals surface area (Å²) in [5.41, 5.74) is 4.61. The van der Waals surface area contributed by atoms with Crippen molar-refractivity contribution in [3.05, 3.63) is 80.5 Å². The van der Waals surface area contributed by atoms with Crippen LogP contribution in [-0.2, 0) is 20.7 Å². The molecular formula is C24H22BrNO4S. The van der Waals surface area contributed by atoms with Gasteiger partial charge in [0.05, 0.1) is 10.4 Å². The summed E-state index contributed by atoms with van der Waals surface area (Å²) in [6.45, 7) is 2.18. The molecule has 4 rings (SSSR count). The summed E-state index contributed by atoms with van der Waals surface area (Å²) in [5.74, 6) is -0.507. The van der Waals surface area contributed by atoms with Gasteiger partial charge in [0.15, 0.2) is 0 Å². The van der Waals surface area contributed by atoms with Gasteiger partial charge in [-0.3, -0.25) is 0 Å². The molecule has 1 aliphatic rings. The number of carbonyl (C=O) groups excluding carboxylic acids is 2. The minimum Gasteiger partial charge on any atom is -0.464 e. The normalized spacial score (nSPS) is 13.2. The zero-order chi connectivity index (χ0) is 21.8. The molecule has 0 saturated carbocycles. The van der Waals surface area contributed by atoms with E-state index in [-0.39, 0.29) is 19.1 Å². The first-order valence-corrected chi connectivity index (χ1v) is 11.7. The molecule has 1 aromatic heterocycles. The van der Waals surface area contributed by atoms with E-state index in [1.807, 2.05) is 36.4 Å². The number of esters is 1. The quantitative estimate of drug-likeness (QED) is 0.434. The van der Waals surface area contributed by atoms with Gasteiger partial charge in [0.25, 0.3) is 0 Å². The van der Waals surface area contributed by atoms with E-state index in [1.54, 1.807) is 6.92 Å². The number of amides is 1. The maximum absolute atomic E-state index is 12.6. The Bertz CT molecular complexity index is 1050. The predicted octanol–water partition coefficient (Wildman–Crippen LogP) is 5.52. The summed E-state index contributed by atoms with van der Waals surface area (Å²) in [7, 11) is 0. The monoisotopic (exact) mass is 499 g/mol. The minimum absolute atomic E-state index is 0.0348. The molecule has 0 saturated heterocycles. The van der Waals surface area contributed by atoms with E-state index in [9.17, 15) is 9.59 Å². The van der Waals surface area contributed by atoms with Crippen LogP contribution in [0, 0.1) is 0 Å². The number of fused-ring (bicyclic) bond motifs is 3. The lowest BCUT2D eigenvalue weighted by Gasteiger charge is -2.18. The van der Waals surface area contributed by atoms with Crippen molar-refractivity contribution in [2.24, 2.45) is 0 Å². The van der Waals surface area contributed by atoms with Crippen LogP contribution >= 0.6 is 27.3 Å². The zero-order valence-corrected chi connectivity index (χ0v) is 19.4. The van der Waals surface area contributed by atoms with Crippen LogP contribution in [0.5, 0.6) is 0 Å². The molecule has 5 nitrogen and oxygen atoms in total. The Morgan fingerprint density at radius 2 is 1.65 bits per heavy atom. The van der Waals surface area contributed by atoms with Crippen LogP contribution in [-0.4, -0.2) is 31.3 Å². The van der Waals surface area contributed by atoms with Crippen LogP contribution in [0.25, 0.3) is 11.1 Å². The van der Waals surface area contributed by atoms with Gasteiger partial charge in [-0.15, -0.1) is 11.3 Å². The Morgan fingerprint density at radius 1 is 1.00 bits per heavy atom. The fourth-order valence-electron chi connectivity index (χ4n) is 3.88. The molecule has 1 amide bonds. The molecule has 7 heteroatoms. The molecule has 1 heterocycles. The zero-order valence-electron chi connectivity index (χ0n) is 17.0.